The van der Waals surface area contributed by atoms with Crippen molar-refractivity contribution in [3.8, 4) is 0 Å². The zero-order valence-electron chi connectivity index (χ0n) is 14.3. The molecule has 6 heteroatoms. The number of benzene rings is 1. The number of rotatable bonds is 3. The maximum absolute atomic E-state index is 10.1. The standard InChI is InChI=1S/C19H24ClN3O2/c20-16-4-1-3-14-5-6-15(21-19(14)16)11-22-7-2-8-23(10-9-22)17-12-25-13-18(17)24/h1,3-6,17-18,24H,2,7-13H2/t17-,18-/m1/s1. The third-order valence-corrected chi connectivity index (χ3v) is 5.53. The number of hydrogen-bond donors (Lipinski definition) is 1. The minimum absolute atomic E-state index is 0.151. The highest BCUT2D eigenvalue weighted by Crippen LogP contribution is 2.22. The first-order valence-electron chi connectivity index (χ1n) is 8.97. The van der Waals surface area contributed by atoms with Crippen LogP contribution in [-0.2, 0) is 11.3 Å². The summed E-state index contributed by atoms with van der Waals surface area (Å²) in [4.78, 5) is 9.58. The van der Waals surface area contributed by atoms with Crippen molar-refractivity contribution in [3.63, 3.8) is 0 Å². The Bertz CT molecular complexity index is 742. The third-order valence-electron chi connectivity index (χ3n) is 5.23. The molecule has 5 nitrogen and oxygen atoms in total. The van der Waals surface area contributed by atoms with Gasteiger partial charge in [0.1, 0.15) is 0 Å². The van der Waals surface area contributed by atoms with E-state index in [1.807, 2.05) is 18.2 Å². The molecule has 2 fully saturated rings. The summed E-state index contributed by atoms with van der Waals surface area (Å²) >= 11 is 6.29. The van der Waals surface area contributed by atoms with Gasteiger partial charge >= 0.3 is 0 Å². The zero-order chi connectivity index (χ0) is 17.2. The van der Waals surface area contributed by atoms with Gasteiger partial charge in [-0.3, -0.25) is 9.80 Å². The van der Waals surface area contributed by atoms with Crippen molar-refractivity contribution in [2.24, 2.45) is 0 Å². The van der Waals surface area contributed by atoms with Gasteiger partial charge in [-0.05, 0) is 31.6 Å². The van der Waals surface area contributed by atoms with Gasteiger partial charge in [0.25, 0.3) is 0 Å². The highest BCUT2D eigenvalue weighted by molar-refractivity contribution is 6.35. The summed E-state index contributed by atoms with van der Waals surface area (Å²) in [6.45, 7) is 5.93. The van der Waals surface area contributed by atoms with E-state index >= 15 is 0 Å². The molecule has 0 saturated carbocycles. The lowest BCUT2D eigenvalue weighted by molar-refractivity contribution is 0.0837. The Morgan fingerprint density at radius 1 is 1.12 bits per heavy atom. The van der Waals surface area contributed by atoms with Crippen molar-refractivity contribution in [3.05, 3.63) is 41.0 Å². The number of pyridine rings is 1. The van der Waals surface area contributed by atoms with Crippen molar-refractivity contribution in [2.45, 2.75) is 25.1 Å². The second-order valence-corrected chi connectivity index (χ2v) is 7.36. The number of hydrogen-bond acceptors (Lipinski definition) is 5. The van der Waals surface area contributed by atoms with Crippen LogP contribution >= 0.6 is 11.6 Å². The molecule has 2 aliphatic heterocycles. The zero-order valence-corrected chi connectivity index (χ0v) is 15.0. The molecule has 0 aliphatic carbocycles. The van der Waals surface area contributed by atoms with Crippen molar-refractivity contribution >= 4 is 22.5 Å². The molecule has 134 valence electrons. The maximum Gasteiger partial charge on any atom is 0.0950 e. The molecule has 2 aromatic rings. The minimum Gasteiger partial charge on any atom is -0.389 e. The van der Waals surface area contributed by atoms with E-state index in [0.29, 0.717) is 18.2 Å². The molecular formula is C19H24ClN3O2. The van der Waals surface area contributed by atoms with E-state index in [4.69, 9.17) is 21.3 Å². The molecule has 1 aromatic heterocycles. The van der Waals surface area contributed by atoms with Gasteiger partial charge < -0.3 is 9.84 Å². The Morgan fingerprint density at radius 3 is 2.88 bits per heavy atom. The van der Waals surface area contributed by atoms with Gasteiger partial charge in [0.05, 0.1) is 41.6 Å². The summed E-state index contributed by atoms with van der Waals surface area (Å²) in [6.07, 6.45) is 0.744. The second-order valence-electron chi connectivity index (χ2n) is 6.95. The van der Waals surface area contributed by atoms with Gasteiger partial charge in [-0.2, -0.15) is 0 Å². The Labute approximate surface area is 153 Å². The Hall–Kier alpha value is -1.24. The van der Waals surface area contributed by atoms with E-state index in [1.165, 1.54) is 0 Å². The largest absolute Gasteiger partial charge is 0.389 e. The van der Waals surface area contributed by atoms with Gasteiger partial charge in [0, 0.05) is 25.0 Å². The first-order valence-corrected chi connectivity index (χ1v) is 9.35. The number of fused-ring (bicyclic) bond motifs is 1. The molecule has 3 heterocycles. The Balaban J connectivity index is 1.42. The molecule has 4 rings (SSSR count). The van der Waals surface area contributed by atoms with Crippen molar-refractivity contribution in [1.82, 2.24) is 14.8 Å². The number of aliphatic hydroxyl groups is 1. The topological polar surface area (TPSA) is 48.8 Å². The summed E-state index contributed by atoms with van der Waals surface area (Å²) < 4.78 is 5.41. The van der Waals surface area contributed by atoms with Gasteiger partial charge in [-0.1, -0.05) is 29.8 Å². The molecule has 2 saturated heterocycles. The number of halogens is 1. The molecular weight excluding hydrogens is 338 g/mol. The van der Waals surface area contributed by atoms with Crippen LogP contribution < -0.4 is 0 Å². The van der Waals surface area contributed by atoms with Gasteiger partial charge in [0.2, 0.25) is 0 Å². The maximum atomic E-state index is 10.1. The summed E-state index contributed by atoms with van der Waals surface area (Å²) in [6, 6.07) is 10.2. The highest BCUT2D eigenvalue weighted by atomic mass is 35.5. The van der Waals surface area contributed by atoms with E-state index in [0.717, 1.165) is 55.7 Å². The lowest BCUT2D eigenvalue weighted by atomic mass is 10.2. The van der Waals surface area contributed by atoms with E-state index in [1.54, 1.807) is 0 Å². The van der Waals surface area contributed by atoms with Crippen LogP contribution in [0.15, 0.2) is 30.3 Å². The summed E-state index contributed by atoms with van der Waals surface area (Å²) in [5, 5.41) is 11.8. The van der Waals surface area contributed by atoms with Gasteiger partial charge in [0.15, 0.2) is 0 Å². The van der Waals surface area contributed by atoms with Gasteiger partial charge in [-0.25, -0.2) is 4.98 Å². The number of aromatic nitrogens is 1. The fourth-order valence-corrected chi connectivity index (χ4v) is 4.05. The molecule has 0 spiro atoms. The molecule has 1 aromatic carbocycles. The normalized spacial score (nSPS) is 26.2. The molecule has 0 amide bonds. The van der Waals surface area contributed by atoms with Crippen LogP contribution in [0.25, 0.3) is 10.9 Å². The number of para-hydroxylation sites is 1. The average molecular weight is 362 g/mol. The SMILES string of the molecule is O[C@@H]1COC[C@H]1N1CCCN(Cc2ccc3cccc(Cl)c3n2)CC1. The monoisotopic (exact) mass is 361 g/mol. The lowest BCUT2D eigenvalue weighted by Crippen LogP contribution is -2.44. The first-order chi connectivity index (χ1) is 12.2. The lowest BCUT2D eigenvalue weighted by Gasteiger charge is -2.28. The smallest absolute Gasteiger partial charge is 0.0950 e. The van der Waals surface area contributed by atoms with Crippen molar-refractivity contribution in [1.29, 1.82) is 0 Å². The third kappa shape index (κ3) is 3.81. The van der Waals surface area contributed by atoms with Crippen molar-refractivity contribution in [2.75, 3.05) is 39.4 Å². The van der Waals surface area contributed by atoms with Crippen molar-refractivity contribution < 1.29 is 9.84 Å². The highest BCUT2D eigenvalue weighted by Gasteiger charge is 2.32. The van der Waals surface area contributed by atoms with Crippen LogP contribution in [0, 0.1) is 0 Å². The predicted octanol–water partition coefficient (Wildman–Crippen LogP) is 2.16. The molecule has 0 radical (unpaired) electrons. The van der Waals surface area contributed by atoms with Crippen LogP contribution in [0.3, 0.4) is 0 Å². The molecule has 0 bridgehead atoms. The fourth-order valence-electron chi connectivity index (χ4n) is 3.83. The van der Waals surface area contributed by atoms with Crippen LogP contribution in [0.1, 0.15) is 12.1 Å². The van der Waals surface area contributed by atoms with Crippen LogP contribution in [0.2, 0.25) is 5.02 Å². The van der Waals surface area contributed by atoms with E-state index in [9.17, 15) is 5.11 Å². The molecule has 1 N–H and O–H groups in total. The Kier molecular flexibility index (Phi) is 5.20. The average Bonchev–Trinajstić information content (AvgIpc) is 2.91. The Morgan fingerprint density at radius 2 is 2.04 bits per heavy atom. The summed E-state index contributed by atoms with van der Waals surface area (Å²) in [7, 11) is 0. The first kappa shape index (κ1) is 17.2. The number of nitrogens with zero attached hydrogens (tertiary/aromatic N) is 3. The van der Waals surface area contributed by atoms with Crippen LogP contribution in [0.4, 0.5) is 0 Å². The van der Waals surface area contributed by atoms with E-state index in [2.05, 4.69) is 21.9 Å². The van der Waals surface area contributed by atoms with E-state index < -0.39 is 0 Å². The summed E-state index contributed by atoms with van der Waals surface area (Å²) in [5.41, 5.74) is 1.93. The fraction of sp³-hybridized carbons (Fsp3) is 0.526. The van der Waals surface area contributed by atoms with Gasteiger partial charge in [-0.15, -0.1) is 0 Å². The summed E-state index contributed by atoms with van der Waals surface area (Å²) in [5.74, 6) is 0. The second kappa shape index (κ2) is 7.56. The number of ether oxygens (including phenoxy) is 1. The van der Waals surface area contributed by atoms with Crippen LogP contribution in [0.5, 0.6) is 0 Å². The molecule has 2 atom stereocenters. The van der Waals surface area contributed by atoms with E-state index in [-0.39, 0.29) is 12.1 Å². The van der Waals surface area contributed by atoms with Crippen LogP contribution in [-0.4, -0.2) is 71.4 Å². The molecule has 2 aliphatic rings. The quantitative estimate of drug-likeness (QED) is 0.907. The molecule has 0 unspecified atom stereocenters. The number of aliphatic hydroxyl groups excluding tert-OH is 1. The predicted molar refractivity (Wildman–Crippen MR) is 98.8 cm³/mol. The minimum atomic E-state index is -0.351. The molecule has 25 heavy (non-hydrogen) atoms.